The summed E-state index contributed by atoms with van der Waals surface area (Å²) in [6.45, 7) is 1.23. The summed E-state index contributed by atoms with van der Waals surface area (Å²) in [4.78, 5) is 32.5. The molecule has 7 heteroatoms. The van der Waals surface area contributed by atoms with Crippen LogP contribution in [0.15, 0.2) is 0 Å². The number of aliphatic carboxylic acids is 1. The molecule has 0 spiro atoms. The van der Waals surface area contributed by atoms with Crippen molar-refractivity contribution in [1.29, 1.82) is 0 Å². The molecule has 4 N–H and O–H groups in total. The number of carbonyl (C=O) groups excluding carboxylic acids is 2. The molecule has 17 heavy (non-hydrogen) atoms. The van der Waals surface area contributed by atoms with Gasteiger partial charge >= 0.3 is 5.97 Å². The summed E-state index contributed by atoms with van der Waals surface area (Å²) in [6, 6.07) is -0.301. The second-order valence-electron chi connectivity index (χ2n) is 3.53. The number of carbonyl (C=O) groups is 3. The van der Waals surface area contributed by atoms with Gasteiger partial charge in [-0.2, -0.15) is 0 Å². The van der Waals surface area contributed by atoms with Gasteiger partial charge in [0.05, 0.1) is 12.6 Å². The predicted molar refractivity (Wildman–Crippen MR) is 59.2 cm³/mol. The molecule has 0 radical (unpaired) electrons. The number of hydrogen-bond donors (Lipinski definition) is 4. The molecule has 0 rings (SSSR count). The molecule has 0 heterocycles. The second-order valence-corrected chi connectivity index (χ2v) is 3.53. The normalized spacial score (nSPS) is 11.6. The van der Waals surface area contributed by atoms with Crippen LogP contribution in [0.3, 0.4) is 0 Å². The Morgan fingerprint density at radius 1 is 1.18 bits per heavy atom. The first-order valence-corrected chi connectivity index (χ1v) is 5.38. The van der Waals surface area contributed by atoms with Gasteiger partial charge in [0.1, 0.15) is 6.54 Å². The molecule has 1 atom stereocenters. The molecule has 0 aromatic rings. The molecule has 7 nitrogen and oxygen atoms in total. The van der Waals surface area contributed by atoms with Gasteiger partial charge in [0.2, 0.25) is 11.8 Å². The number of aliphatic hydroxyl groups is 1. The average molecular weight is 246 g/mol. The Hall–Kier alpha value is -1.63. The van der Waals surface area contributed by atoms with Crippen LogP contribution in [0.25, 0.3) is 0 Å². The molecule has 0 fully saturated rings. The largest absolute Gasteiger partial charge is 0.480 e. The Morgan fingerprint density at radius 2 is 1.76 bits per heavy atom. The van der Waals surface area contributed by atoms with E-state index in [0.29, 0.717) is 6.42 Å². The molecule has 0 saturated carbocycles. The minimum Gasteiger partial charge on any atom is -0.480 e. The fourth-order valence-corrected chi connectivity index (χ4v) is 1.07. The van der Waals surface area contributed by atoms with Crippen LogP contribution < -0.4 is 10.6 Å². The number of rotatable bonds is 8. The number of nitrogens with one attached hydrogen (secondary N) is 2. The molecule has 0 aliphatic rings. The van der Waals surface area contributed by atoms with Gasteiger partial charge < -0.3 is 20.8 Å². The highest BCUT2D eigenvalue weighted by Crippen LogP contribution is 1.93. The maximum atomic E-state index is 11.3. The summed E-state index contributed by atoms with van der Waals surface area (Å²) in [5.41, 5.74) is 0. The zero-order valence-corrected chi connectivity index (χ0v) is 9.73. The number of aliphatic hydroxyl groups excluding tert-OH is 1. The Balaban J connectivity index is 3.76. The molecule has 98 valence electrons. The van der Waals surface area contributed by atoms with Crippen LogP contribution in [0.1, 0.15) is 26.2 Å². The van der Waals surface area contributed by atoms with Gasteiger partial charge in [-0.25, -0.2) is 0 Å². The van der Waals surface area contributed by atoms with Gasteiger partial charge in [0, 0.05) is 12.8 Å². The topological polar surface area (TPSA) is 116 Å². The van der Waals surface area contributed by atoms with Gasteiger partial charge in [-0.1, -0.05) is 6.92 Å². The van der Waals surface area contributed by atoms with E-state index in [0.717, 1.165) is 0 Å². The first-order valence-electron chi connectivity index (χ1n) is 5.38. The zero-order valence-electron chi connectivity index (χ0n) is 9.73. The van der Waals surface area contributed by atoms with Crippen molar-refractivity contribution in [2.75, 3.05) is 13.2 Å². The van der Waals surface area contributed by atoms with Crippen LogP contribution in [0.4, 0.5) is 0 Å². The monoisotopic (exact) mass is 246 g/mol. The highest BCUT2D eigenvalue weighted by atomic mass is 16.4. The maximum absolute atomic E-state index is 11.3. The van der Waals surface area contributed by atoms with Crippen LogP contribution in [0.5, 0.6) is 0 Å². The molecule has 0 saturated heterocycles. The molecule has 0 aromatic carbocycles. The summed E-state index contributed by atoms with van der Waals surface area (Å²) in [6.07, 6.45) is 0.510. The van der Waals surface area contributed by atoms with Crippen LogP contribution in [0.2, 0.25) is 0 Å². The molecule has 0 aromatic heterocycles. The lowest BCUT2D eigenvalue weighted by atomic mass is 10.2. The Morgan fingerprint density at radius 3 is 2.24 bits per heavy atom. The average Bonchev–Trinajstić information content (AvgIpc) is 2.30. The van der Waals surface area contributed by atoms with Crippen molar-refractivity contribution in [2.45, 2.75) is 32.2 Å². The summed E-state index contributed by atoms with van der Waals surface area (Å²) in [5.74, 6) is -1.95. The molecule has 0 aliphatic heterocycles. The second kappa shape index (κ2) is 8.51. The van der Waals surface area contributed by atoms with E-state index in [2.05, 4.69) is 10.6 Å². The standard InChI is InChI=1S/C10H18N2O5/c1-2-7(6-13)12-9(15)4-3-8(14)11-5-10(16)17/h7,13H,2-6H2,1H3,(H,11,14)(H,12,15)(H,16,17). The third-order valence-electron chi connectivity index (χ3n) is 2.09. The van der Waals surface area contributed by atoms with Crippen molar-refractivity contribution in [2.24, 2.45) is 0 Å². The van der Waals surface area contributed by atoms with Crippen molar-refractivity contribution in [3.63, 3.8) is 0 Å². The molecule has 0 bridgehead atoms. The number of amides is 2. The van der Waals surface area contributed by atoms with Crippen LogP contribution >= 0.6 is 0 Å². The summed E-state index contributed by atoms with van der Waals surface area (Å²) in [7, 11) is 0. The quantitative estimate of drug-likeness (QED) is 0.432. The van der Waals surface area contributed by atoms with E-state index in [4.69, 9.17) is 10.2 Å². The Bertz CT molecular complexity index is 276. The fraction of sp³-hybridized carbons (Fsp3) is 0.700. The van der Waals surface area contributed by atoms with Gasteiger partial charge in [0.25, 0.3) is 0 Å². The van der Waals surface area contributed by atoms with Gasteiger partial charge in [-0.15, -0.1) is 0 Å². The summed E-state index contributed by atoms with van der Waals surface area (Å²) in [5, 5.41) is 21.8. The zero-order chi connectivity index (χ0) is 13.3. The fourth-order valence-electron chi connectivity index (χ4n) is 1.07. The van der Waals surface area contributed by atoms with Crippen LogP contribution in [-0.4, -0.2) is 47.2 Å². The lowest BCUT2D eigenvalue weighted by molar-refractivity contribution is -0.138. The molecular weight excluding hydrogens is 228 g/mol. The van der Waals surface area contributed by atoms with Crippen LogP contribution in [0, 0.1) is 0 Å². The smallest absolute Gasteiger partial charge is 0.322 e. The Kier molecular flexibility index (Phi) is 7.70. The van der Waals surface area contributed by atoms with Gasteiger partial charge in [-0.3, -0.25) is 14.4 Å². The van der Waals surface area contributed by atoms with E-state index in [1.807, 2.05) is 6.92 Å². The van der Waals surface area contributed by atoms with E-state index in [1.165, 1.54) is 0 Å². The number of hydrogen-bond acceptors (Lipinski definition) is 4. The predicted octanol–water partition coefficient (Wildman–Crippen LogP) is -1.15. The van der Waals surface area contributed by atoms with E-state index < -0.39 is 18.4 Å². The molecule has 2 amide bonds. The number of carboxylic acid groups (broad SMARTS) is 1. The van der Waals surface area contributed by atoms with E-state index in [-0.39, 0.29) is 31.4 Å². The molecule has 1 unspecified atom stereocenters. The van der Waals surface area contributed by atoms with Crippen molar-refractivity contribution >= 4 is 17.8 Å². The SMILES string of the molecule is CCC(CO)NC(=O)CCC(=O)NCC(=O)O. The summed E-state index contributed by atoms with van der Waals surface area (Å²) >= 11 is 0. The minimum atomic E-state index is -1.13. The molecule has 0 aliphatic carbocycles. The first-order chi connectivity index (χ1) is 7.99. The van der Waals surface area contributed by atoms with E-state index in [1.54, 1.807) is 0 Å². The maximum Gasteiger partial charge on any atom is 0.322 e. The highest BCUT2D eigenvalue weighted by Gasteiger charge is 2.11. The third kappa shape index (κ3) is 8.21. The first kappa shape index (κ1) is 15.4. The van der Waals surface area contributed by atoms with Crippen molar-refractivity contribution in [3.05, 3.63) is 0 Å². The van der Waals surface area contributed by atoms with Crippen molar-refractivity contribution in [3.8, 4) is 0 Å². The van der Waals surface area contributed by atoms with Crippen LogP contribution in [-0.2, 0) is 14.4 Å². The lowest BCUT2D eigenvalue weighted by Gasteiger charge is -2.13. The van der Waals surface area contributed by atoms with Crippen molar-refractivity contribution < 1.29 is 24.6 Å². The third-order valence-corrected chi connectivity index (χ3v) is 2.09. The highest BCUT2D eigenvalue weighted by molar-refractivity contribution is 5.85. The van der Waals surface area contributed by atoms with Crippen molar-refractivity contribution in [1.82, 2.24) is 10.6 Å². The van der Waals surface area contributed by atoms with E-state index >= 15 is 0 Å². The van der Waals surface area contributed by atoms with Gasteiger partial charge in [0.15, 0.2) is 0 Å². The summed E-state index contributed by atoms with van der Waals surface area (Å²) < 4.78 is 0. The Labute approximate surface area is 99.2 Å². The number of carboxylic acids is 1. The minimum absolute atomic E-state index is 0.0258. The lowest BCUT2D eigenvalue weighted by Crippen LogP contribution is -2.37. The molecular formula is C10H18N2O5. The van der Waals surface area contributed by atoms with Gasteiger partial charge in [-0.05, 0) is 6.42 Å². The van der Waals surface area contributed by atoms with E-state index in [9.17, 15) is 14.4 Å².